The molecule has 0 aliphatic rings. The van der Waals surface area contributed by atoms with Gasteiger partial charge in [-0.3, -0.25) is 9.59 Å². The molecule has 0 saturated carbocycles. The zero-order chi connectivity index (χ0) is 19.5. The van der Waals surface area contributed by atoms with Crippen molar-refractivity contribution in [3.05, 3.63) is 64.6 Å². The molecule has 5 nitrogen and oxygen atoms in total. The van der Waals surface area contributed by atoms with Gasteiger partial charge >= 0.3 is 5.97 Å². The molecule has 2 aromatic rings. The number of nitrogens with one attached hydrogen (secondary N) is 2. The maximum absolute atomic E-state index is 11.9. The number of hydrogen-bond acceptors (Lipinski definition) is 4. The van der Waals surface area contributed by atoms with E-state index in [0.29, 0.717) is 6.61 Å². The second-order valence-electron chi connectivity index (χ2n) is 5.82. The molecular weight excluding hydrogens is 428 g/mol. The molecule has 0 aliphatic carbocycles. The number of anilines is 1. The van der Waals surface area contributed by atoms with Crippen molar-refractivity contribution in [1.82, 2.24) is 5.32 Å². The van der Waals surface area contributed by atoms with Crippen LogP contribution in [0.4, 0.5) is 5.69 Å². The van der Waals surface area contributed by atoms with E-state index in [1.165, 1.54) is 5.56 Å². The molecule has 0 atom stereocenters. The summed E-state index contributed by atoms with van der Waals surface area (Å²) in [6.45, 7) is 0.345. The molecular formula is C20H21BrN2O3S. The first-order valence-electron chi connectivity index (χ1n) is 8.59. The van der Waals surface area contributed by atoms with Crippen LogP contribution in [0.15, 0.2) is 59.1 Å². The second kappa shape index (κ2) is 11.5. The highest BCUT2D eigenvalue weighted by atomic mass is 79.9. The number of thiocarbonyl (C=S) groups is 1. The summed E-state index contributed by atoms with van der Waals surface area (Å²) in [6, 6.07) is 17.4. The van der Waals surface area contributed by atoms with Gasteiger partial charge in [0.15, 0.2) is 5.11 Å². The number of carbonyl (C=O) groups is 2. The first-order valence-corrected chi connectivity index (χ1v) is 9.79. The van der Waals surface area contributed by atoms with Crippen molar-refractivity contribution in [3.8, 4) is 0 Å². The number of aryl methyl sites for hydroxylation is 1. The van der Waals surface area contributed by atoms with E-state index < -0.39 is 0 Å². The van der Waals surface area contributed by atoms with Crippen LogP contribution in [-0.2, 0) is 20.7 Å². The molecule has 0 aliphatic heterocycles. The lowest BCUT2D eigenvalue weighted by Gasteiger charge is -2.10. The SMILES string of the molecule is O=C(CCC(=O)OCCCc1ccccc1)NC(=S)Nc1cccc(Br)c1. The Morgan fingerprint density at radius 1 is 1.04 bits per heavy atom. The molecule has 2 aromatic carbocycles. The van der Waals surface area contributed by atoms with Crippen molar-refractivity contribution >= 4 is 50.8 Å². The summed E-state index contributed by atoms with van der Waals surface area (Å²) >= 11 is 8.45. The Morgan fingerprint density at radius 3 is 2.56 bits per heavy atom. The smallest absolute Gasteiger partial charge is 0.306 e. The van der Waals surface area contributed by atoms with Crippen molar-refractivity contribution in [2.24, 2.45) is 0 Å². The monoisotopic (exact) mass is 448 g/mol. The summed E-state index contributed by atoms with van der Waals surface area (Å²) < 4.78 is 6.06. The predicted octanol–water partition coefficient (Wildman–Crippen LogP) is 4.22. The van der Waals surface area contributed by atoms with E-state index in [1.807, 2.05) is 54.6 Å². The van der Waals surface area contributed by atoms with Gasteiger partial charge in [0.05, 0.1) is 13.0 Å². The van der Waals surface area contributed by atoms with Crippen LogP contribution >= 0.6 is 28.1 Å². The van der Waals surface area contributed by atoms with E-state index in [4.69, 9.17) is 17.0 Å². The zero-order valence-electron chi connectivity index (χ0n) is 14.7. The number of esters is 1. The zero-order valence-corrected chi connectivity index (χ0v) is 17.1. The molecule has 0 aromatic heterocycles. The molecule has 0 unspecified atom stereocenters. The van der Waals surface area contributed by atoms with Crippen molar-refractivity contribution < 1.29 is 14.3 Å². The van der Waals surface area contributed by atoms with Gasteiger partial charge < -0.3 is 15.4 Å². The number of benzene rings is 2. The fraction of sp³-hybridized carbons (Fsp3) is 0.250. The van der Waals surface area contributed by atoms with Crippen molar-refractivity contribution in [2.45, 2.75) is 25.7 Å². The standard InChI is InChI=1S/C20H21BrN2O3S/c21-16-9-4-10-17(14-16)22-20(27)23-18(24)11-12-19(25)26-13-5-8-15-6-2-1-3-7-15/h1-4,6-7,9-10,14H,5,8,11-13H2,(H2,22,23,24,27). The number of hydrogen-bond donors (Lipinski definition) is 2. The molecule has 7 heteroatoms. The topological polar surface area (TPSA) is 67.4 Å². The summed E-state index contributed by atoms with van der Waals surface area (Å²) in [5, 5.41) is 5.65. The van der Waals surface area contributed by atoms with Crippen LogP contribution in [0.1, 0.15) is 24.8 Å². The molecule has 0 fully saturated rings. The first-order chi connectivity index (χ1) is 13.0. The Labute approximate surface area is 172 Å². The maximum Gasteiger partial charge on any atom is 0.306 e. The maximum atomic E-state index is 11.9. The summed E-state index contributed by atoms with van der Waals surface area (Å²) in [6.07, 6.45) is 1.65. The van der Waals surface area contributed by atoms with Crippen LogP contribution in [-0.4, -0.2) is 23.6 Å². The fourth-order valence-corrected chi connectivity index (χ4v) is 2.94. The molecule has 1 amide bonds. The number of halogens is 1. The largest absolute Gasteiger partial charge is 0.466 e. The van der Waals surface area contributed by atoms with Crippen molar-refractivity contribution in [3.63, 3.8) is 0 Å². The average Bonchev–Trinajstić information content (AvgIpc) is 2.64. The fourth-order valence-electron chi connectivity index (χ4n) is 2.31. The van der Waals surface area contributed by atoms with E-state index in [1.54, 1.807) is 0 Å². The van der Waals surface area contributed by atoms with E-state index in [2.05, 4.69) is 26.6 Å². The summed E-state index contributed by atoms with van der Waals surface area (Å²) in [5.74, 6) is -0.715. The summed E-state index contributed by atoms with van der Waals surface area (Å²) in [4.78, 5) is 23.6. The molecule has 0 saturated heterocycles. The van der Waals surface area contributed by atoms with Crippen LogP contribution in [0.5, 0.6) is 0 Å². The van der Waals surface area contributed by atoms with E-state index >= 15 is 0 Å². The van der Waals surface area contributed by atoms with Gasteiger partial charge in [-0.2, -0.15) is 0 Å². The van der Waals surface area contributed by atoms with Crippen molar-refractivity contribution in [1.29, 1.82) is 0 Å². The quantitative estimate of drug-likeness (QED) is 0.359. The lowest BCUT2D eigenvalue weighted by molar-refractivity contribution is -0.145. The average molecular weight is 449 g/mol. The minimum absolute atomic E-state index is 0.0245. The molecule has 0 radical (unpaired) electrons. The van der Waals surface area contributed by atoms with Gasteiger partial charge in [0, 0.05) is 16.6 Å². The minimum atomic E-state index is -0.385. The summed E-state index contributed by atoms with van der Waals surface area (Å²) in [7, 11) is 0. The first kappa shape index (κ1) is 21.1. The van der Waals surface area contributed by atoms with Gasteiger partial charge in [-0.1, -0.05) is 52.3 Å². The van der Waals surface area contributed by atoms with Gasteiger partial charge in [-0.15, -0.1) is 0 Å². The van der Waals surface area contributed by atoms with E-state index in [-0.39, 0.29) is 29.8 Å². The lowest BCUT2D eigenvalue weighted by Crippen LogP contribution is -2.34. The van der Waals surface area contributed by atoms with Crippen LogP contribution in [0.3, 0.4) is 0 Å². The Kier molecular flexibility index (Phi) is 8.94. The molecule has 142 valence electrons. The van der Waals surface area contributed by atoms with Crippen LogP contribution in [0, 0.1) is 0 Å². The highest BCUT2D eigenvalue weighted by Crippen LogP contribution is 2.15. The molecule has 0 heterocycles. The Balaban J connectivity index is 1.58. The third-order valence-corrected chi connectivity index (χ3v) is 4.30. The highest BCUT2D eigenvalue weighted by Gasteiger charge is 2.10. The van der Waals surface area contributed by atoms with Gasteiger partial charge in [-0.25, -0.2) is 0 Å². The van der Waals surface area contributed by atoms with Crippen LogP contribution in [0.2, 0.25) is 0 Å². The normalized spacial score (nSPS) is 10.1. The highest BCUT2D eigenvalue weighted by molar-refractivity contribution is 9.10. The second-order valence-corrected chi connectivity index (χ2v) is 7.15. The minimum Gasteiger partial charge on any atom is -0.466 e. The Hall–Kier alpha value is -2.25. The lowest BCUT2D eigenvalue weighted by atomic mass is 10.1. The number of amides is 1. The van der Waals surface area contributed by atoms with Crippen LogP contribution < -0.4 is 10.6 Å². The summed E-state index contributed by atoms with van der Waals surface area (Å²) in [5.41, 5.74) is 1.96. The molecule has 27 heavy (non-hydrogen) atoms. The number of rotatable bonds is 8. The van der Waals surface area contributed by atoms with Gasteiger partial charge in [-0.05, 0) is 48.8 Å². The molecule has 2 N–H and O–H groups in total. The molecule has 2 rings (SSSR count). The Morgan fingerprint density at radius 2 is 1.81 bits per heavy atom. The van der Waals surface area contributed by atoms with Crippen LogP contribution in [0.25, 0.3) is 0 Å². The van der Waals surface area contributed by atoms with Crippen molar-refractivity contribution in [2.75, 3.05) is 11.9 Å². The predicted molar refractivity (Wildman–Crippen MR) is 113 cm³/mol. The Bertz CT molecular complexity index is 784. The third-order valence-electron chi connectivity index (χ3n) is 3.61. The van der Waals surface area contributed by atoms with E-state index in [9.17, 15) is 9.59 Å². The van der Waals surface area contributed by atoms with E-state index in [0.717, 1.165) is 23.0 Å². The number of ether oxygens (including phenoxy) is 1. The van der Waals surface area contributed by atoms with Gasteiger partial charge in [0.2, 0.25) is 5.91 Å². The molecule has 0 bridgehead atoms. The molecule has 0 spiro atoms. The van der Waals surface area contributed by atoms with Gasteiger partial charge in [0.1, 0.15) is 0 Å². The third kappa shape index (κ3) is 8.79. The van der Waals surface area contributed by atoms with Gasteiger partial charge in [0.25, 0.3) is 0 Å². The number of carbonyl (C=O) groups excluding carboxylic acids is 2.